The highest BCUT2D eigenvalue weighted by Gasteiger charge is 2.46. The Morgan fingerprint density at radius 2 is 2.04 bits per heavy atom. The van der Waals surface area contributed by atoms with E-state index >= 15 is 0 Å². The van der Waals surface area contributed by atoms with Gasteiger partial charge in [0.05, 0.1) is 19.8 Å². The molecule has 0 unspecified atom stereocenters. The first-order valence-corrected chi connectivity index (χ1v) is 8.79. The van der Waals surface area contributed by atoms with Gasteiger partial charge in [-0.05, 0) is 62.0 Å². The first kappa shape index (κ1) is 15.4. The van der Waals surface area contributed by atoms with Gasteiger partial charge >= 0.3 is 0 Å². The quantitative estimate of drug-likeness (QED) is 0.858. The summed E-state index contributed by atoms with van der Waals surface area (Å²) in [5.41, 5.74) is 3.09. The van der Waals surface area contributed by atoms with Crippen molar-refractivity contribution in [2.75, 3.05) is 40.5 Å². The molecule has 4 rings (SSSR count). The van der Waals surface area contributed by atoms with E-state index in [1.54, 1.807) is 7.11 Å². The van der Waals surface area contributed by atoms with Crippen LogP contribution in [0, 0.1) is 0 Å². The molecule has 0 N–H and O–H groups in total. The minimum atomic E-state index is 0.234. The molecule has 0 aromatic heterocycles. The lowest BCUT2D eigenvalue weighted by molar-refractivity contribution is 0.0575. The van der Waals surface area contributed by atoms with Crippen molar-refractivity contribution < 1.29 is 14.2 Å². The predicted molar refractivity (Wildman–Crippen MR) is 89.1 cm³/mol. The second-order valence-electron chi connectivity index (χ2n) is 7.22. The molecule has 4 heteroatoms. The third kappa shape index (κ3) is 2.57. The summed E-state index contributed by atoms with van der Waals surface area (Å²) in [5, 5.41) is 0. The van der Waals surface area contributed by atoms with Gasteiger partial charge in [0, 0.05) is 25.2 Å². The molecular weight excluding hydrogens is 290 g/mol. The van der Waals surface area contributed by atoms with Crippen molar-refractivity contribution in [2.24, 2.45) is 0 Å². The van der Waals surface area contributed by atoms with Crippen LogP contribution >= 0.6 is 0 Å². The van der Waals surface area contributed by atoms with Crippen molar-refractivity contribution >= 4 is 0 Å². The Morgan fingerprint density at radius 1 is 1.22 bits per heavy atom. The first-order chi connectivity index (χ1) is 11.3. The van der Waals surface area contributed by atoms with Gasteiger partial charge in [-0.25, -0.2) is 0 Å². The monoisotopic (exact) mass is 317 g/mol. The van der Waals surface area contributed by atoms with Crippen molar-refractivity contribution in [3.8, 4) is 5.75 Å². The molecule has 1 aliphatic carbocycles. The maximum Gasteiger partial charge on any atom is 0.119 e. The number of methoxy groups -OCH3 is 2. The number of hydrogen-bond donors (Lipinski definition) is 0. The Labute approximate surface area is 138 Å². The third-order valence-corrected chi connectivity index (χ3v) is 6.22. The second kappa shape index (κ2) is 6.08. The molecule has 3 aliphatic rings. The summed E-state index contributed by atoms with van der Waals surface area (Å²) in [7, 11) is 3.59. The Hall–Kier alpha value is -1.10. The van der Waals surface area contributed by atoms with E-state index in [0.29, 0.717) is 6.04 Å². The van der Waals surface area contributed by atoms with Crippen LogP contribution in [0.3, 0.4) is 0 Å². The van der Waals surface area contributed by atoms with Gasteiger partial charge in [-0.15, -0.1) is 0 Å². The second-order valence-corrected chi connectivity index (χ2v) is 7.22. The highest BCUT2D eigenvalue weighted by atomic mass is 16.5. The van der Waals surface area contributed by atoms with Crippen LogP contribution in [0.25, 0.3) is 0 Å². The zero-order valence-electron chi connectivity index (χ0n) is 14.2. The number of hydrogen-bond acceptors (Lipinski definition) is 4. The fourth-order valence-electron chi connectivity index (χ4n) is 4.79. The largest absolute Gasteiger partial charge is 0.497 e. The average molecular weight is 317 g/mol. The molecule has 2 atom stereocenters. The molecular formula is C19H27NO3. The van der Waals surface area contributed by atoms with Gasteiger partial charge in [0.2, 0.25) is 0 Å². The highest BCUT2D eigenvalue weighted by Crippen LogP contribution is 2.52. The van der Waals surface area contributed by atoms with Crippen molar-refractivity contribution in [1.29, 1.82) is 0 Å². The van der Waals surface area contributed by atoms with Crippen LogP contribution in [0.4, 0.5) is 0 Å². The lowest BCUT2D eigenvalue weighted by atomic mass is 9.73. The van der Waals surface area contributed by atoms with E-state index in [1.165, 1.54) is 43.5 Å². The molecule has 4 nitrogen and oxygen atoms in total. The van der Waals surface area contributed by atoms with Crippen LogP contribution in [0.5, 0.6) is 5.75 Å². The van der Waals surface area contributed by atoms with Crippen LogP contribution in [0.1, 0.15) is 42.9 Å². The average Bonchev–Trinajstić information content (AvgIpc) is 3.23. The van der Waals surface area contributed by atoms with E-state index in [1.807, 2.05) is 7.11 Å². The van der Waals surface area contributed by atoms with Gasteiger partial charge in [-0.3, -0.25) is 4.90 Å². The summed E-state index contributed by atoms with van der Waals surface area (Å²) in [6.07, 6.45) is 4.96. The molecule has 1 aromatic carbocycles. The highest BCUT2D eigenvalue weighted by molar-refractivity contribution is 5.46. The van der Waals surface area contributed by atoms with Crippen molar-refractivity contribution in [2.45, 2.75) is 43.2 Å². The summed E-state index contributed by atoms with van der Waals surface area (Å²) in [4.78, 5) is 2.64. The van der Waals surface area contributed by atoms with Gasteiger partial charge in [0.15, 0.2) is 0 Å². The minimum Gasteiger partial charge on any atom is -0.497 e. The lowest BCUT2D eigenvalue weighted by Crippen LogP contribution is -2.46. The topological polar surface area (TPSA) is 30.9 Å². The zero-order chi connectivity index (χ0) is 15.9. The Bertz CT molecular complexity index is 560. The minimum absolute atomic E-state index is 0.234. The number of piperidine rings is 1. The Kier molecular flexibility index (Phi) is 4.08. The normalized spacial score (nSPS) is 29.8. The van der Waals surface area contributed by atoms with Crippen LogP contribution in [0.2, 0.25) is 0 Å². The van der Waals surface area contributed by atoms with Crippen molar-refractivity contribution in [1.82, 2.24) is 4.90 Å². The molecule has 2 heterocycles. The Morgan fingerprint density at radius 3 is 2.70 bits per heavy atom. The third-order valence-electron chi connectivity index (χ3n) is 6.22. The van der Waals surface area contributed by atoms with Crippen LogP contribution in [-0.4, -0.2) is 51.5 Å². The summed E-state index contributed by atoms with van der Waals surface area (Å²) < 4.78 is 16.8. The van der Waals surface area contributed by atoms with Crippen molar-refractivity contribution in [3.63, 3.8) is 0 Å². The molecule has 2 aliphatic heterocycles. The number of ether oxygens (including phenoxy) is 3. The Balaban J connectivity index is 1.58. The standard InChI is InChI=1S/C19H27NO3/c1-21-15-3-4-16-17(11-15)19(12-18(16)22-2)6-8-20(9-7-19)14-5-10-23-13-14/h3-4,11,14,18H,5-10,12-13H2,1-2H3/t14-,18-/m0/s1. The molecule has 1 spiro atoms. The summed E-state index contributed by atoms with van der Waals surface area (Å²) in [6.45, 7) is 4.18. The van der Waals surface area contributed by atoms with Gasteiger partial charge in [0.25, 0.3) is 0 Å². The molecule has 0 radical (unpaired) electrons. The maximum atomic E-state index is 5.79. The lowest BCUT2D eigenvalue weighted by Gasteiger charge is -2.42. The van der Waals surface area contributed by atoms with Crippen LogP contribution in [0.15, 0.2) is 18.2 Å². The summed E-state index contributed by atoms with van der Waals surface area (Å²) in [6, 6.07) is 7.16. The van der Waals surface area contributed by atoms with Gasteiger partial charge in [-0.2, -0.15) is 0 Å². The number of benzene rings is 1. The van der Waals surface area contributed by atoms with Gasteiger partial charge in [-0.1, -0.05) is 6.07 Å². The van der Waals surface area contributed by atoms with E-state index in [0.717, 1.165) is 25.4 Å². The van der Waals surface area contributed by atoms with E-state index in [-0.39, 0.29) is 11.5 Å². The molecule has 0 amide bonds. The number of rotatable bonds is 3. The number of likely N-dealkylation sites (tertiary alicyclic amines) is 1. The number of fused-ring (bicyclic) bond motifs is 2. The zero-order valence-corrected chi connectivity index (χ0v) is 14.2. The molecule has 2 saturated heterocycles. The SMILES string of the molecule is COc1ccc2c(c1)C1(CCN([C@H]3CCOC3)CC1)C[C@@H]2OC. The van der Waals surface area contributed by atoms with Gasteiger partial charge < -0.3 is 14.2 Å². The van der Waals surface area contributed by atoms with E-state index in [4.69, 9.17) is 14.2 Å². The molecule has 0 bridgehead atoms. The number of nitrogens with zero attached hydrogens (tertiary/aromatic N) is 1. The predicted octanol–water partition coefficient (Wildman–Crippen LogP) is 2.91. The molecule has 0 saturated carbocycles. The van der Waals surface area contributed by atoms with E-state index in [2.05, 4.69) is 23.1 Å². The van der Waals surface area contributed by atoms with Crippen LogP contribution in [-0.2, 0) is 14.9 Å². The van der Waals surface area contributed by atoms with Crippen molar-refractivity contribution in [3.05, 3.63) is 29.3 Å². The molecule has 126 valence electrons. The smallest absolute Gasteiger partial charge is 0.119 e. The molecule has 2 fully saturated rings. The maximum absolute atomic E-state index is 5.79. The van der Waals surface area contributed by atoms with Gasteiger partial charge in [0.1, 0.15) is 5.75 Å². The fourth-order valence-corrected chi connectivity index (χ4v) is 4.79. The van der Waals surface area contributed by atoms with E-state index < -0.39 is 0 Å². The summed E-state index contributed by atoms with van der Waals surface area (Å²) in [5.74, 6) is 0.964. The molecule has 23 heavy (non-hydrogen) atoms. The summed E-state index contributed by atoms with van der Waals surface area (Å²) >= 11 is 0. The van der Waals surface area contributed by atoms with E-state index in [9.17, 15) is 0 Å². The molecule has 1 aromatic rings. The fraction of sp³-hybridized carbons (Fsp3) is 0.684. The first-order valence-electron chi connectivity index (χ1n) is 8.79. The van der Waals surface area contributed by atoms with Crippen LogP contribution < -0.4 is 4.74 Å².